The number of carbonyl (C=O) groups is 1. The van der Waals surface area contributed by atoms with Crippen molar-refractivity contribution < 1.29 is 9.53 Å². The second-order valence-corrected chi connectivity index (χ2v) is 3.61. The van der Waals surface area contributed by atoms with Gasteiger partial charge in [-0.15, -0.1) is 0 Å². The minimum Gasteiger partial charge on any atom is -0.496 e. The molecule has 1 aliphatic rings. The molecule has 0 bridgehead atoms. The van der Waals surface area contributed by atoms with E-state index in [9.17, 15) is 4.79 Å². The highest BCUT2D eigenvalue weighted by Gasteiger charge is 2.18. The van der Waals surface area contributed by atoms with Gasteiger partial charge in [-0.25, -0.2) is 0 Å². The maximum absolute atomic E-state index is 11.4. The van der Waals surface area contributed by atoms with Gasteiger partial charge in [0.05, 0.1) is 18.5 Å². The smallest absolute Gasteiger partial charge is 0.224 e. The number of nitrogen functional groups attached to an aromatic ring is 1. The first-order chi connectivity index (χ1) is 7.22. The maximum Gasteiger partial charge on any atom is 0.224 e. The van der Waals surface area contributed by atoms with Gasteiger partial charge in [0.15, 0.2) is 0 Å². The fourth-order valence-electron chi connectivity index (χ4n) is 1.86. The Bertz CT molecular complexity index is 402. The van der Waals surface area contributed by atoms with Gasteiger partial charge in [0.25, 0.3) is 0 Å². The number of rotatable bonds is 1. The van der Waals surface area contributed by atoms with Crippen LogP contribution >= 0.6 is 0 Å². The molecule has 0 aliphatic carbocycles. The summed E-state index contributed by atoms with van der Waals surface area (Å²) in [5.41, 5.74) is 8.15. The van der Waals surface area contributed by atoms with Crippen molar-refractivity contribution in [2.45, 2.75) is 19.3 Å². The van der Waals surface area contributed by atoms with Gasteiger partial charge in [-0.2, -0.15) is 0 Å². The molecule has 4 nitrogen and oxygen atoms in total. The van der Waals surface area contributed by atoms with Gasteiger partial charge in [-0.3, -0.25) is 4.79 Å². The van der Waals surface area contributed by atoms with E-state index in [1.165, 1.54) is 0 Å². The molecule has 0 aromatic heterocycles. The molecular weight excluding hydrogens is 192 g/mol. The molecule has 3 N–H and O–H groups in total. The Morgan fingerprint density at radius 2 is 2.20 bits per heavy atom. The van der Waals surface area contributed by atoms with E-state index in [0.29, 0.717) is 12.1 Å². The summed E-state index contributed by atoms with van der Waals surface area (Å²) in [5, 5.41) is 2.82. The number of nitrogens with two attached hydrogens (primary N) is 1. The monoisotopic (exact) mass is 206 g/mol. The van der Waals surface area contributed by atoms with Crippen LogP contribution in [0.3, 0.4) is 0 Å². The molecule has 80 valence electrons. The quantitative estimate of drug-likeness (QED) is 0.685. The van der Waals surface area contributed by atoms with E-state index >= 15 is 0 Å². The van der Waals surface area contributed by atoms with Crippen molar-refractivity contribution in [1.82, 2.24) is 0 Å². The Morgan fingerprint density at radius 1 is 1.40 bits per heavy atom. The van der Waals surface area contributed by atoms with Crippen LogP contribution in [0.4, 0.5) is 11.4 Å². The van der Waals surface area contributed by atoms with Crippen LogP contribution in [0.25, 0.3) is 0 Å². The molecule has 0 spiro atoms. The summed E-state index contributed by atoms with van der Waals surface area (Å²) in [6.45, 7) is 0. The molecule has 1 amide bonds. The van der Waals surface area contributed by atoms with Crippen molar-refractivity contribution in [3.05, 3.63) is 17.7 Å². The van der Waals surface area contributed by atoms with Crippen molar-refractivity contribution in [2.75, 3.05) is 18.2 Å². The average Bonchev–Trinajstić information content (AvgIpc) is 2.41. The lowest BCUT2D eigenvalue weighted by molar-refractivity contribution is -0.116. The lowest BCUT2D eigenvalue weighted by atomic mass is 10.1. The molecule has 4 heteroatoms. The highest BCUT2D eigenvalue weighted by molar-refractivity contribution is 5.96. The fraction of sp³-hybridized carbons (Fsp3) is 0.364. The van der Waals surface area contributed by atoms with Gasteiger partial charge in [0.2, 0.25) is 5.91 Å². The molecule has 1 heterocycles. The van der Waals surface area contributed by atoms with E-state index in [-0.39, 0.29) is 5.91 Å². The van der Waals surface area contributed by atoms with Gasteiger partial charge in [-0.05, 0) is 25.0 Å². The number of ether oxygens (including phenoxy) is 1. The first-order valence-corrected chi connectivity index (χ1v) is 4.97. The summed E-state index contributed by atoms with van der Waals surface area (Å²) in [5.74, 6) is 0.815. The SMILES string of the molecule is COc1ccc(N)c2c1CCCC(=O)N2. The van der Waals surface area contributed by atoms with E-state index in [1.807, 2.05) is 6.07 Å². The van der Waals surface area contributed by atoms with Crippen molar-refractivity contribution in [1.29, 1.82) is 0 Å². The number of anilines is 2. The second kappa shape index (κ2) is 3.81. The third kappa shape index (κ3) is 1.75. The Labute approximate surface area is 88.4 Å². The maximum atomic E-state index is 11.4. The molecule has 0 saturated carbocycles. The topological polar surface area (TPSA) is 64.3 Å². The molecule has 0 fully saturated rings. The molecular formula is C11H14N2O2. The Hall–Kier alpha value is -1.71. The zero-order chi connectivity index (χ0) is 10.8. The van der Waals surface area contributed by atoms with Crippen LogP contribution in [0.1, 0.15) is 18.4 Å². The van der Waals surface area contributed by atoms with Crippen LogP contribution in [0.5, 0.6) is 5.75 Å². The highest BCUT2D eigenvalue weighted by atomic mass is 16.5. The summed E-state index contributed by atoms with van der Waals surface area (Å²) >= 11 is 0. The molecule has 1 aromatic carbocycles. The minimum atomic E-state index is 0.0219. The summed E-state index contributed by atoms with van der Waals surface area (Å²) < 4.78 is 5.25. The van der Waals surface area contributed by atoms with E-state index in [1.54, 1.807) is 13.2 Å². The number of carbonyl (C=O) groups excluding carboxylic acids is 1. The number of hydrogen-bond acceptors (Lipinski definition) is 3. The van der Waals surface area contributed by atoms with Gasteiger partial charge >= 0.3 is 0 Å². The zero-order valence-corrected chi connectivity index (χ0v) is 8.67. The van der Waals surface area contributed by atoms with Crippen molar-refractivity contribution in [3.63, 3.8) is 0 Å². The number of fused-ring (bicyclic) bond motifs is 1. The lowest BCUT2D eigenvalue weighted by Crippen LogP contribution is -2.11. The predicted octanol–water partition coefficient (Wildman–Crippen LogP) is 1.55. The molecule has 0 saturated heterocycles. The van der Waals surface area contributed by atoms with Crippen LogP contribution in [0.2, 0.25) is 0 Å². The minimum absolute atomic E-state index is 0.0219. The number of hydrogen-bond donors (Lipinski definition) is 2. The van der Waals surface area contributed by atoms with Gasteiger partial charge in [0.1, 0.15) is 5.75 Å². The second-order valence-electron chi connectivity index (χ2n) is 3.61. The predicted molar refractivity (Wildman–Crippen MR) is 59.0 cm³/mol. The van der Waals surface area contributed by atoms with Crippen LogP contribution in [0, 0.1) is 0 Å². The van der Waals surface area contributed by atoms with Crippen molar-refractivity contribution in [3.8, 4) is 5.75 Å². The molecule has 1 aliphatic heterocycles. The zero-order valence-electron chi connectivity index (χ0n) is 8.67. The lowest BCUT2D eigenvalue weighted by Gasteiger charge is -2.13. The molecule has 0 unspecified atom stereocenters. The summed E-state index contributed by atoms with van der Waals surface area (Å²) in [6.07, 6.45) is 2.19. The first kappa shape index (κ1) is 9.83. The normalized spacial score (nSPS) is 15.1. The third-order valence-corrected chi connectivity index (χ3v) is 2.62. The largest absolute Gasteiger partial charge is 0.496 e. The average molecular weight is 206 g/mol. The van der Waals surface area contributed by atoms with Gasteiger partial charge in [0, 0.05) is 12.0 Å². The summed E-state index contributed by atoms with van der Waals surface area (Å²) in [4.78, 5) is 11.4. The summed E-state index contributed by atoms with van der Waals surface area (Å²) in [7, 11) is 1.62. The van der Waals surface area contributed by atoms with Gasteiger partial charge < -0.3 is 15.8 Å². The number of amides is 1. The van der Waals surface area contributed by atoms with E-state index in [2.05, 4.69) is 5.32 Å². The van der Waals surface area contributed by atoms with Gasteiger partial charge in [-0.1, -0.05) is 0 Å². The van der Waals surface area contributed by atoms with Crippen molar-refractivity contribution in [2.24, 2.45) is 0 Å². The van der Waals surface area contributed by atoms with Crippen LogP contribution < -0.4 is 15.8 Å². The molecule has 15 heavy (non-hydrogen) atoms. The van der Waals surface area contributed by atoms with E-state index in [0.717, 1.165) is 29.8 Å². The molecule has 1 aromatic rings. The van der Waals surface area contributed by atoms with Crippen LogP contribution in [-0.2, 0) is 11.2 Å². The summed E-state index contributed by atoms with van der Waals surface area (Å²) in [6, 6.07) is 3.59. The Balaban J connectivity index is 2.52. The highest BCUT2D eigenvalue weighted by Crippen LogP contribution is 2.34. The molecule has 0 radical (unpaired) electrons. The number of methoxy groups -OCH3 is 1. The van der Waals surface area contributed by atoms with E-state index in [4.69, 9.17) is 10.5 Å². The Morgan fingerprint density at radius 3 is 2.93 bits per heavy atom. The first-order valence-electron chi connectivity index (χ1n) is 4.97. The third-order valence-electron chi connectivity index (χ3n) is 2.62. The number of nitrogens with one attached hydrogen (secondary N) is 1. The standard InChI is InChI=1S/C11H14N2O2/c1-15-9-6-5-8(12)11-7(9)3-2-4-10(14)13-11/h5-6H,2-4,12H2,1H3,(H,13,14). The van der Waals surface area contributed by atoms with E-state index < -0.39 is 0 Å². The molecule has 0 atom stereocenters. The molecule has 2 rings (SSSR count). The van der Waals surface area contributed by atoms with Crippen LogP contribution in [-0.4, -0.2) is 13.0 Å². The van der Waals surface area contributed by atoms with Crippen molar-refractivity contribution >= 4 is 17.3 Å². The Kier molecular flexibility index (Phi) is 2.49. The number of benzene rings is 1. The van der Waals surface area contributed by atoms with Crippen LogP contribution in [0.15, 0.2) is 12.1 Å². The fourth-order valence-corrected chi connectivity index (χ4v) is 1.86.